The van der Waals surface area contributed by atoms with Gasteiger partial charge < -0.3 is 14.6 Å². The summed E-state index contributed by atoms with van der Waals surface area (Å²) in [5, 5.41) is 6.25. The first kappa shape index (κ1) is 17.3. The van der Waals surface area contributed by atoms with Gasteiger partial charge in [0.1, 0.15) is 0 Å². The van der Waals surface area contributed by atoms with E-state index >= 15 is 0 Å². The smallest absolute Gasteiger partial charge is 0.253 e. The van der Waals surface area contributed by atoms with Gasteiger partial charge in [-0.2, -0.15) is 0 Å². The van der Waals surface area contributed by atoms with E-state index in [-0.39, 0.29) is 11.9 Å². The van der Waals surface area contributed by atoms with Crippen LogP contribution in [0.3, 0.4) is 0 Å². The summed E-state index contributed by atoms with van der Waals surface area (Å²) in [6.45, 7) is 3.89. The van der Waals surface area contributed by atoms with Crippen LogP contribution in [0.25, 0.3) is 10.9 Å². The summed E-state index contributed by atoms with van der Waals surface area (Å²) in [6, 6.07) is 12.4. The van der Waals surface area contributed by atoms with Crippen LogP contribution < -0.4 is 5.32 Å². The van der Waals surface area contributed by atoms with Gasteiger partial charge in [-0.25, -0.2) is 0 Å². The third kappa shape index (κ3) is 3.40. The number of benzene rings is 1. The number of morpholine rings is 1. The molecule has 5 nitrogen and oxygen atoms in total. The maximum atomic E-state index is 12.9. The van der Waals surface area contributed by atoms with Crippen LogP contribution >= 0.6 is 11.3 Å². The molecule has 0 aliphatic carbocycles. The Kier molecular flexibility index (Phi) is 5.06. The highest BCUT2D eigenvalue weighted by atomic mass is 32.1. The summed E-state index contributed by atoms with van der Waals surface area (Å²) < 4.78 is 7.49. The Morgan fingerprint density at radius 1 is 1.23 bits per heavy atom. The molecule has 26 heavy (non-hydrogen) atoms. The number of fused-ring (bicyclic) bond motifs is 1. The SMILES string of the molecule is Cn1cc(C(=O)NCC(c2cccs2)N2CCOCC2)c2ccccc21. The van der Waals surface area contributed by atoms with Gasteiger partial charge in [0.25, 0.3) is 5.91 Å². The minimum atomic E-state index is -0.0170. The van der Waals surface area contributed by atoms with E-state index in [1.54, 1.807) is 11.3 Å². The number of hydrogen-bond donors (Lipinski definition) is 1. The number of para-hydroxylation sites is 1. The summed E-state index contributed by atoms with van der Waals surface area (Å²) in [4.78, 5) is 16.5. The third-order valence-electron chi connectivity index (χ3n) is 4.96. The van der Waals surface area contributed by atoms with E-state index in [0.29, 0.717) is 6.54 Å². The van der Waals surface area contributed by atoms with Crippen molar-refractivity contribution < 1.29 is 9.53 Å². The van der Waals surface area contributed by atoms with Gasteiger partial charge in [-0.1, -0.05) is 24.3 Å². The van der Waals surface area contributed by atoms with Gasteiger partial charge in [-0.3, -0.25) is 9.69 Å². The molecule has 0 bridgehead atoms. The lowest BCUT2D eigenvalue weighted by Crippen LogP contribution is -2.43. The minimum Gasteiger partial charge on any atom is -0.379 e. The molecule has 1 fully saturated rings. The Morgan fingerprint density at radius 2 is 2.04 bits per heavy atom. The zero-order chi connectivity index (χ0) is 17.9. The molecule has 0 saturated carbocycles. The maximum Gasteiger partial charge on any atom is 0.253 e. The molecule has 4 rings (SSSR count). The number of ether oxygens (including phenoxy) is 1. The number of carbonyl (C=O) groups is 1. The molecule has 1 saturated heterocycles. The number of amides is 1. The fraction of sp³-hybridized carbons (Fsp3) is 0.350. The van der Waals surface area contributed by atoms with Crippen LogP contribution in [0, 0.1) is 0 Å². The molecule has 1 unspecified atom stereocenters. The first-order chi connectivity index (χ1) is 12.7. The van der Waals surface area contributed by atoms with Crippen molar-refractivity contribution in [2.24, 2.45) is 7.05 Å². The summed E-state index contributed by atoms with van der Waals surface area (Å²) in [5.41, 5.74) is 1.80. The van der Waals surface area contributed by atoms with Crippen LogP contribution in [0.5, 0.6) is 0 Å². The molecule has 1 atom stereocenters. The highest BCUT2D eigenvalue weighted by molar-refractivity contribution is 7.10. The Labute approximate surface area is 157 Å². The van der Waals surface area contributed by atoms with E-state index in [1.165, 1.54) is 4.88 Å². The zero-order valence-electron chi connectivity index (χ0n) is 14.9. The average molecular weight is 369 g/mol. The zero-order valence-corrected chi connectivity index (χ0v) is 15.7. The van der Waals surface area contributed by atoms with Crippen LogP contribution in [0.1, 0.15) is 21.3 Å². The molecular weight excluding hydrogens is 346 g/mol. The Bertz CT molecular complexity index is 882. The van der Waals surface area contributed by atoms with Gasteiger partial charge in [-0.05, 0) is 17.5 Å². The second-order valence-electron chi connectivity index (χ2n) is 6.56. The molecule has 3 heterocycles. The van der Waals surface area contributed by atoms with Crippen molar-refractivity contribution in [2.75, 3.05) is 32.8 Å². The van der Waals surface area contributed by atoms with Gasteiger partial charge in [0.2, 0.25) is 0 Å². The molecule has 1 aliphatic heterocycles. The van der Waals surface area contributed by atoms with Gasteiger partial charge in [0, 0.05) is 48.7 Å². The molecule has 1 N–H and O–H groups in total. The summed E-state index contributed by atoms with van der Waals surface area (Å²) in [5.74, 6) is -0.0170. The van der Waals surface area contributed by atoms with Crippen molar-refractivity contribution in [3.8, 4) is 0 Å². The van der Waals surface area contributed by atoms with Gasteiger partial charge in [-0.15, -0.1) is 11.3 Å². The van der Waals surface area contributed by atoms with Crippen molar-refractivity contribution in [1.82, 2.24) is 14.8 Å². The monoisotopic (exact) mass is 369 g/mol. The van der Waals surface area contributed by atoms with Crippen molar-refractivity contribution in [1.29, 1.82) is 0 Å². The van der Waals surface area contributed by atoms with Crippen molar-refractivity contribution >= 4 is 28.1 Å². The van der Waals surface area contributed by atoms with Gasteiger partial charge in [0.05, 0.1) is 24.8 Å². The van der Waals surface area contributed by atoms with Crippen LogP contribution in [0.4, 0.5) is 0 Å². The second kappa shape index (κ2) is 7.61. The van der Waals surface area contributed by atoms with E-state index in [4.69, 9.17) is 4.74 Å². The molecule has 1 amide bonds. The largest absolute Gasteiger partial charge is 0.379 e. The van der Waals surface area contributed by atoms with Crippen molar-refractivity contribution in [2.45, 2.75) is 6.04 Å². The second-order valence-corrected chi connectivity index (χ2v) is 7.54. The molecule has 136 valence electrons. The highest BCUT2D eigenvalue weighted by Gasteiger charge is 2.24. The number of hydrogen-bond acceptors (Lipinski definition) is 4. The predicted molar refractivity (Wildman–Crippen MR) is 105 cm³/mol. The first-order valence-corrected chi connectivity index (χ1v) is 9.79. The Hall–Kier alpha value is -2.15. The normalized spacial score (nSPS) is 16.7. The van der Waals surface area contributed by atoms with Crippen LogP contribution in [0.2, 0.25) is 0 Å². The van der Waals surface area contributed by atoms with Crippen molar-refractivity contribution in [3.63, 3.8) is 0 Å². The molecule has 0 radical (unpaired) electrons. The maximum absolute atomic E-state index is 12.9. The highest BCUT2D eigenvalue weighted by Crippen LogP contribution is 2.26. The lowest BCUT2D eigenvalue weighted by molar-refractivity contribution is 0.0169. The number of aromatic nitrogens is 1. The van der Waals surface area contributed by atoms with E-state index in [1.807, 2.05) is 42.1 Å². The van der Waals surface area contributed by atoms with E-state index < -0.39 is 0 Å². The Morgan fingerprint density at radius 3 is 2.81 bits per heavy atom. The average Bonchev–Trinajstić information content (AvgIpc) is 3.32. The van der Waals surface area contributed by atoms with Crippen LogP contribution in [-0.2, 0) is 11.8 Å². The predicted octanol–water partition coefficient (Wildman–Crippen LogP) is 3.04. The molecule has 2 aromatic heterocycles. The molecular formula is C20H23N3O2S. The molecule has 6 heteroatoms. The van der Waals surface area contributed by atoms with Crippen LogP contribution in [0.15, 0.2) is 48.0 Å². The van der Waals surface area contributed by atoms with E-state index in [0.717, 1.165) is 42.8 Å². The molecule has 1 aliphatic rings. The number of rotatable bonds is 5. The number of thiophene rings is 1. The topological polar surface area (TPSA) is 46.5 Å². The lowest BCUT2D eigenvalue weighted by Gasteiger charge is -2.34. The quantitative estimate of drug-likeness (QED) is 0.752. The van der Waals surface area contributed by atoms with E-state index in [9.17, 15) is 4.79 Å². The third-order valence-corrected chi connectivity index (χ3v) is 5.93. The van der Waals surface area contributed by atoms with Crippen LogP contribution in [-0.4, -0.2) is 48.2 Å². The van der Waals surface area contributed by atoms with Crippen molar-refractivity contribution in [3.05, 3.63) is 58.4 Å². The Balaban J connectivity index is 1.52. The number of aryl methyl sites for hydroxylation is 1. The first-order valence-electron chi connectivity index (χ1n) is 8.91. The fourth-order valence-corrected chi connectivity index (χ4v) is 4.45. The minimum absolute atomic E-state index is 0.0170. The number of nitrogens with one attached hydrogen (secondary N) is 1. The summed E-state index contributed by atoms with van der Waals surface area (Å²) in [6.07, 6.45) is 1.91. The fourth-order valence-electron chi connectivity index (χ4n) is 3.59. The van der Waals surface area contributed by atoms with Gasteiger partial charge in [0.15, 0.2) is 0 Å². The molecule has 3 aromatic rings. The number of nitrogens with zero attached hydrogens (tertiary/aromatic N) is 2. The summed E-state index contributed by atoms with van der Waals surface area (Å²) in [7, 11) is 1.97. The van der Waals surface area contributed by atoms with Gasteiger partial charge >= 0.3 is 0 Å². The number of carbonyl (C=O) groups excluding carboxylic acids is 1. The standard InChI is InChI=1S/C20H23N3O2S/c1-22-14-16(15-5-2-3-6-17(15)22)20(24)21-13-18(19-7-4-12-26-19)23-8-10-25-11-9-23/h2-7,12,14,18H,8-11,13H2,1H3,(H,21,24). The molecule has 0 spiro atoms. The molecule has 1 aromatic carbocycles. The summed E-state index contributed by atoms with van der Waals surface area (Å²) >= 11 is 1.74. The van der Waals surface area contributed by atoms with E-state index in [2.05, 4.69) is 27.7 Å². The lowest BCUT2D eigenvalue weighted by atomic mass is 10.1.